The number of nitrogens with one attached hydrogen (secondary N) is 1. The minimum absolute atomic E-state index is 0.0185. The molecule has 0 radical (unpaired) electrons. The van der Waals surface area contributed by atoms with Gasteiger partial charge in [0.1, 0.15) is 11.8 Å². The van der Waals surface area contributed by atoms with E-state index in [-0.39, 0.29) is 17.9 Å². The summed E-state index contributed by atoms with van der Waals surface area (Å²) < 4.78 is 32.4. The second-order valence-electron chi connectivity index (χ2n) is 6.41. The van der Waals surface area contributed by atoms with Crippen LogP contribution in [0.1, 0.15) is 11.3 Å². The summed E-state index contributed by atoms with van der Waals surface area (Å²) >= 11 is 0. The first-order valence-corrected chi connectivity index (χ1v) is 9.83. The fourth-order valence-electron chi connectivity index (χ4n) is 3.53. The number of sulfonamides is 1. The van der Waals surface area contributed by atoms with Crippen molar-refractivity contribution >= 4 is 26.9 Å². The third kappa shape index (κ3) is 2.87. The number of rotatable bonds is 4. The normalized spacial score (nSPS) is 17.6. The van der Waals surface area contributed by atoms with Crippen LogP contribution in [0.25, 0.3) is 10.9 Å². The lowest BCUT2D eigenvalue weighted by atomic mass is 9.99. The number of aliphatic carboxylic acids is 1. The van der Waals surface area contributed by atoms with E-state index in [0.29, 0.717) is 5.75 Å². The number of para-hydroxylation sites is 1. The maximum atomic E-state index is 13.1. The Morgan fingerprint density at radius 2 is 1.89 bits per heavy atom. The van der Waals surface area contributed by atoms with Crippen molar-refractivity contribution in [2.24, 2.45) is 0 Å². The van der Waals surface area contributed by atoms with Crippen molar-refractivity contribution in [1.29, 1.82) is 0 Å². The molecule has 1 aliphatic rings. The molecule has 3 aromatic rings. The van der Waals surface area contributed by atoms with Crippen LogP contribution >= 0.6 is 0 Å². The average molecular weight is 386 g/mol. The zero-order chi connectivity index (χ0) is 19.2. The first-order valence-electron chi connectivity index (χ1n) is 8.39. The molecule has 1 aromatic heterocycles. The molecule has 4 rings (SSSR count). The first-order chi connectivity index (χ1) is 12.9. The molecule has 2 heterocycles. The lowest BCUT2D eigenvalue weighted by Gasteiger charge is -2.32. The van der Waals surface area contributed by atoms with Crippen LogP contribution in [-0.4, -0.2) is 41.9 Å². The van der Waals surface area contributed by atoms with Crippen molar-refractivity contribution in [1.82, 2.24) is 9.29 Å². The molecule has 0 fully saturated rings. The Bertz CT molecular complexity index is 1120. The van der Waals surface area contributed by atoms with Gasteiger partial charge in [0.05, 0.1) is 18.6 Å². The zero-order valence-corrected chi connectivity index (χ0v) is 15.4. The minimum atomic E-state index is -3.98. The third-order valence-corrected chi connectivity index (χ3v) is 6.78. The highest BCUT2D eigenvalue weighted by molar-refractivity contribution is 7.89. The smallest absolute Gasteiger partial charge is 0.322 e. The summed E-state index contributed by atoms with van der Waals surface area (Å²) in [5.74, 6) is -0.636. The van der Waals surface area contributed by atoms with Gasteiger partial charge in [0, 0.05) is 23.0 Å². The van der Waals surface area contributed by atoms with Crippen LogP contribution in [0.4, 0.5) is 0 Å². The summed E-state index contributed by atoms with van der Waals surface area (Å²) in [5.41, 5.74) is 2.46. The monoisotopic (exact) mass is 386 g/mol. The number of nitrogens with zero attached hydrogens (tertiary/aromatic N) is 1. The summed E-state index contributed by atoms with van der Waals surface area (Å²) in [6.45, 7) is -0.0185. The van der Waals surface area contributed by atoms with Crippen LogP contribution in [-0.2, 0) is 27.8 Å². The van der Waals surface area contributed by atoms with Gasteiger partial charge >= 0.3 is 5.97 Å². The van der Waals surface area contributed by atoms with Crippen LogP contribution in [0, 0.1) is 0 Å². The van der Waals surface area contributed by atoms with Crippen molar-refractivity contribution in [2.45, 2.75) is 23.9 Å². The van der Waals surface area contributed by atoms with Gasteiger partial charge in [0.25, 0.3) is 0 Å². The van der Waals surface area contributed by atoms with Crippen molar-refractivity contribution in [3.63, 3.8) is 0 Å². The van der Waals surface area contributed by atoms with Crippen LogP contribution in [0.2, 0.25) is 0 Å². The Balaban J connectivity index is 1.79. The SMILES string of the molecule is COc1ccc(S(=O)(=O)N2Cc3[nH]c4ccccc4c3CC2C(=O)O)cc1. The van der Waals surface area contributed by atoms with Crippen molar-refractivity contribution in [2.75, 3.05) is 7.11 Å². The average Bonchev–Trinajstić information content (AvgIpc) is 3.04. The molecule has 1 unspecified atom stereocenters. The molecule has 2 aromatic carbocycles. The van der Waals surface area contributed by atoms with E-state index in [9.17, 15) is 18.3 Å². The third-order valence-electron chi connectivity index (χ3n) is 4.91. The molecule has 0 saturated carbocycles. The standard InChI is InChI=1S/C19H18N2O5S/c1-26-12-6-8-13(9-7-12)27(24,25)21-11-17-15(10-18(21)19(22)23)14-4-2-3-5-16(14)20-17/h2-9,18,20H,10-11H2,1H3,(H,22,23). The van der Waals surface area contributed by atoms with Gasteiger partial charge < -0.3 is 14.8 Å². The van der Waals surface area contributed by atoms with Crippen LogP contribution in [0.15, 0.2) is 53.4 Å². The number of benzene rings is 2. The number of ether oxygens (including phenoxy) is 1. The Labute approximate surface area is 156 Å². The fourth-order valence-corrected chi connectivity index (χ4v) is 5.08. The lowest BCUT2D eigenvalue weighted by molar-refractivity contribution is -0.141. The molecular weight excluding hydrogens is 368 g/mol. The molecule has 27 heavy (non-hydrogen) atoms. The molecule has 0 saturated heterocycles. The molecule has 8 heteroatoms. The number of hydrogen-bond donors (Lipinski definition) is 2. The van der Waals surface area contributed by atoms with Gasteiger partial charge in [-0.3, -0.25) is 4.79 Å². The number of aromatic amines is 1. The highest BCUT2D eigenvalue weighted by Gasteiger charge is 2.41. The van der Waals surface area contributed by atoms with Gasteiger partial charge in [-0.15, -0.1) is 0 Å². The Morgan fingerprint density at radius 3 is 2.56 bits per heavy atom. The summed E-state index contributed by atoms with van der Waals surface area (Å²) in [4.78, 5) is 15.1. The van der Waals surface area contributed by atoms with Crippen molar-refractivity contribution in [3.8, 4) is 5.75 Å². The summed E-state index contributed by atoms with van der Waals surface area (Å²) in [7, 11) is -2.49. The summed E-state index contributed by atoms with van der Waals surface area (Å²) in [5, 5.41) is 10.6. The molecule has 2 N–H and O–H groups in total. The maximum Gasteiger partial charge on any atom is 0.322 e. The van der Waals surface area contributed by atoms with Gasteiger partial charge in [-0.1, -0.05) is 18.2 Å². The second-order valence-corrected chi connectivity index (χ2v) is 8.30. The van der Waals surface area contributed by atoms with E-state index in [1.54, 1.807) is 12.1 Å². The molecule has 0 amide bonds. The molecule has 0 bridgehead atoms. The lowest BCUT2D eigenvalue weighted by Crippen LogP contribution is -2.48. The predicted molar refractivity (Wildman–Crippen MR) is 99.1 cm³/mol. The second kappa shape index (κ2) is 6.40. The van der Waals surface area contributed by atoms with Crippen molar-refractivity contribution < 1.29 is 23.1 Å². The van der Waals surface area contributed by atoms with E-state index < -0.39 is 22.0 Å². The molecule has 1 atom stereocenters. The summed E-state index contributed by atoms with van der Waals surface area (Å²) in [6.07, 6.45) is 0.115. The van der Waals surface area contributed by atoms with Gasteiger partial charge in [-0.25, -0.2) is 8.42 Å². The molecule has 7 nitrogen and oxygen atoms in total. The minimum Gasteiger partial charge on any atom is -0.497 e. The molecule has 1 aliphatic heterocycles. The Kier molecular flexibility index (Phi) is 4.16. The van der Waals surface area contributed by atoms with E-state index in [2.05, 4.69) is 4.98 Å². The maximum absolute atomic E-state index is 13.1. The largest absolute Gasteiger partial charge is 0.497 e. The van der Waals surface area contributed by atoms with Crippen LogP contribution < -0.4 is 4.74 Å². The Morgan fingerprint density at radius 1 is 1.19 bits per heavy atom. The summed E-state index contributed by atoms with van der Waals surface area (Å²) in [6, 6.07) is 12.3. The van der Waals surface area contributed by atoms with Gasteiger partial charge in [-0.05, 0) is 35.9 Å². The first kappa shape index (κ1) is 17.6. The fraction of sp³-hybridized carbons (Fsp3) is 0.211. The molecular formula is C19H18N2O5S. The number of carboxylic acid groups (broad SMARTS) is 1. The number of fused-ring (bicyclic) bond motifs is 3. The highest BCUT2D eigenvalue weighted by atomic mass is 32.2. The van der Waals surface area contributed by atoms with Gasteiger partial charge in [0.2, 0.25) is 10.0 Å². The molecule has 140 valence electrons. The van der Waals surface area contributed by atoms with E-state index in [1.165, 1.54) is 19.2 Å². The van der Waals surface area contributed by atoms with Crippen LogP contribution in [0.3, 0.4) is 0 Å². The van der Waals surface area contributed by atoms with Gasteiger partial charge in [-0.2, -0.15) is 4.31 Å². The predicted octanol–water partition coefficient (Wildman–Crippen LogP) is 2.38. The number of H-pyrrole nitrogens is 1. The van der Waals surface area contributed by atoms with Crippen LogP contribution in [0.5, 0.6) is 5.75 Å². The highest BCUT2D eigenvalue weighted by Crippen LogP contribution is 2.33. The zero-order valence-electron chi connectivity index (χ0n) is 14.5. The molecule has 0 spiro atoms. The van der Waals surface area contributed by atoms with E-state index in [1.807, 2.05) is 24.3 Å². The number of hydrogen-bond acceptors (Lipinski definition) is 4. The van der Waals surface area contributed by atoms with Gasteiger partial charge in [0.15, 0.2) is 0 Å². The molecule has 0 aliphatic carbocycles. The number of carboxylic acids is 1. The van der Waals surface area contributed by atoms with E-state index in [4.69, 9.17) is 4.74 Å². The number of aromatic nitrogens is 1. The van der Waals surface area contributed by atoms with E-state index in [0.717, 1.165) is 26.5 Å². The Hall–Kier alpha value is -2.84. The topological polar surface area (TPSA) is 99.7 Å². The number of carbonyl (C=O) groups is 1. The van der Waals surface area contributed by atoms with E-state index >= 15 is 0 Å². The number of methoxy groups -OCH3 is 1. The van der Waals surface area contributed by atoms with Crippen molar-refractivity contribution in [3.05, 3.63) is 59.8 Å². The quantitative estimate of drug-likeness (QED) is 0.717.